The monoisotopic (exact) mass is 572 g/mol. The van der Waals surface area contributed by atoms with Crippen LogP contribution in [-0.2, 0) is 35.5 Å². The van der Waals surface area contributed by atoms with Gasteiger partial charge in [0, 0.05) is 0 Å². The third-order valence-electron chi connectivity index (χ3n) is 10.7. The zero-order chi connectivity index (χ0) is 26.5. The second kappa shape index (κ2) is 7.73. The van der Waals surface area contributed by atoms with E-state index in [4.69, 9.17) is 4.21 Å². The van der Waals surface area contributed by atoms with Gasteiger partial charge in [-0.05, 0) is 0 Å². The van der Waals surface area contributed by atoms with Crippen LogP contribution in [0.1, 0.15) is 74.4 Å². The van der Waals surface area contributed by atoms with Crippen LogP contribution in [0.25, 0.3) is 23.3 Å². The topological polar surface area (TPSA) is 0 Å². The van der Waals surface area contributed by atoms with Crippen molar-refractivity contribution in [1.29, 1.82) is 0 Å². The molecule has 7 rings (SSSR count). The van der Waals surface area contributed by atoms with Crippen LogP contribution in [0.2, 0.25) is 4.13 Å². The Morgan fingerprint density at radius 1 is 0.868 bits per heavy atom. The van der Waals surface area contributed by atoms with Gasteiger partial charge in [-0.3, -0.25) is 0 Å². The van der Waals surface area contributed by atoms with Crippen molar-refractivity contribution in [2.75, 3.05) is 0 Å². The van der Waals surface area contributed by atoms with E-state index >= 15 is 0 Å². The van der Waals surface area contributed by atoms with Gasteiger partial charge in [0.2, 0.25) is 0 Å². The average Bonchev–Trinajstić information content (AvgIpc) is 3.68. The van der Waals surface area contributed by atoms with E-state index in [0.29, 0.717) is 0 Å². The molecule has 3 aromatic rings. The maximum absolute atomic E-state index is 5.43. The van der Waals surface area contributed by atoms with Gasteiger partial charge in [-0.1, -0.05) is 0 Å². The zero-order valence-corrected chi connectivity index (χ0v) is 25.9. The molecule has 0 aromatic heterocycles. The van der Waals surface area contributed by atoms with Crippen LogP contribution in [0.5, 0.6) is 0 Å². The van der Waals surface area contributed by atoms with Crippen molar-refractivity contribution < 1.29 is 18.3 Å². The van der Waals surface area contributed by atoms with Crippen molar-refractivity contribution in [1.82, 2.24) is 0 Å². The van der Waals surface area contributed by atoms with Gasteiger partial charge in [-0.25, -0.2) is 0 Å². The van der Waals surface area contributed by atoms with Gasteiger partial charge < -0.3 is 0 Å². The van der Waals surface area contributed by atoms with Crippen LogP contribution in [-0.4, -0.2) is 4.21 Å². The van der Waals surface area contributed by atoms with Gasteiger partial charge in [0.05, 0.1) is 0 Å². The first-order valence-corrected chi connectivity index (χ1v) is 21.5. The summed E-state index contributed by atoms with van der Waals surface area (Å²) in [6, 6.07) is 21.4. The fourth-order valence-corrected chi connectivity index (χ4v) is 24.4. The molecule has 0 amide bonds. The Morgan fingerprint density at radius 3 is 2.21 bits per heavy atom. The summed E-state index contributed by atoms with van der Waals surface area (Å²) >= 11 is -4.08. The third kappa shape index (κ3) is 2.98. The number of allylic oxidation sites excluding steroid dienone is 6. The first-order chi connectivity index (χ1) is 18.1. The summed E-state index contributed by atoms with van der Waals surface area (Å²) in [5.41, 5.74) is 11.7. The van der Waals surface area contributed by atoms with Crippen molar-refractivity contribution in [2.24, 2.45) is 0 Å². The molecule has 1 heteroatoms. The first kappa shape index (κ1) is 24.4. The minimum atomic E-state index is -4.08. The Kier molecular flexibility index (Phi) is 4.97. The predicted octanol–water partition coefficient (Wildman–Crippen LogP) is 8.92. The van der Waals surface area contributed by atoms with E-state index in [1.807, 2.05) is 0 Å². The Hall–Kier alpha value is -2.63. The van der Waals surface area contributed by atoms with E-state index in [2.05, 4.69) is 126 Å². The Bertz CT molecular complexity index is 1730. The molecule has 0 spiro atoms. The summed E-state index contributed by atoms with van der Waals surface area (Å²) in [5, 5.41) is 0. The van der Waals surface area contributed by atoms with Gasteiger partial charge in [0.15, 0.2) is 0 Å². The van der Waals surface area contributed by atoms with Crippen LogP contribution < -0.4 is 3.27 Å². The quantitative estimate of drug-likeness (QED) is 0.229. The molecule has 38 heavy (non-hydrogen) atoms. The molecule has 0 saturated carbocycles. The van der Waals surface area contributed by atoms with E-state index < -0.39 is 18.3 Å². The number of hydrogen-bond donors (Lipinski definition) is 0. The van der Waals surface area contributed by atoms with Crippen LogP contribution in [0.4, 0.5) is 0 Å². The van der Waals surface area contributed by atoms with Crippen molar-refractivity contribution >= 4 is 19.6 Å². The molecule has 4 aliphatic rings. The SMILES string of the molecule is [CH2]=[Zr]([CH2]C)([C]1=CC=CC1)([C]1=Cc2cc3c(cc2C1(C)C)Cc1cc2c(cc1-3)C=CC2(C)C)[c]1ccccc1. The fourth-order valence-electron chi connectivity index (χ4n) is 8.35. The molecule has 190 valence electrons. The molecule has 0 N–H and O–H groups in total. The molecule has 0 fully saturated rings. The van der Waals surface area contributed by atoms with E-state index in [1.54, 1.807) is 6.56 Å². The molecule has 0 nitrogen and oxygen atoms in total. The van der Waals surface area contributed by atoms with Crippen molar-refractivity contribution in [3.63, 3.8) is 0 Å². The van der Waals surface area contributed by atoms with E-state index in [1.165, 1.54) is 47.8 Å². The van der Waals surface area contributed by atoms with Crippen molar-refractivity contribution in [3.8, 4) is 11.1 Å². The van der Waals surface area contributed by atoms with Crippen LogP contribution in [0.15, 0.2) is 85.5 Å². The first-order valence-electron chi connectivity index (χ1n) is 14.3. The number of hydrogen-bond acceptors (Lipinski definition) is 0. The Morgan fingerprint density at radius 2 is 1.55 bits per heavy atom. The molecule has 4 aliphatic carbocycles. The summed E-state index contributed by atoms with van der Waals surface area (Å²) in [4.78, 5) is 0. The van der Waals surface area contributed by atoms with E-state index in [0.717, 1.165) is 17.0 Å². The number of benzene rings is 3. The zero-order valence-electron chi connectivity index (χ0n) is 23.5. The molecule has 3 aromatic carbocycles. The average molecular weight is 574 g/mol. The molecular formula is C37H38Zr. The van der Waals surface area contributed by atoms with Crippen molar-refractivity contribution in [2.45, 2.75) is 62.4 Å². The van der Waals surface area contributed by atoms with Crippen LogP contribution in [0, 0.1) is 0 Å². The van der Waals surface area contributed by atoms with Crippen LogP contribution >= 0.6 is 0 Å². The number of fused-ring (bicyclic) bond motifs is 5. The molecule has 0 aliphatic heterocycles. The van der Waals surface area contributed by atoms with Gasteiger partial charge in [0.1, 0.15) is 0 Å². The van der Waals surface area contributed by atoms with Gasteiger partial charge in [-0.15, -0.1) is 0 Å². The molecule has 0 bridgehead atoms. The van der Waals surface area contributed by atoms with Crippen molar-refractivity contribution in [3.05, 3.63) is 119 Å². The molecule has 0 radical (unpaired) electrons. The maximum atomic E-state index is 5.43. The third-order valence-corrected chi connectivity index (χ3v) is 28.6. The molecule has 0 atom stereocenters. The second-order valence-corrected chi connectivity index (χ2v) is 27.7. The Labute approximate surface area is 229 Å². The molecule has 0 saturated heterocycles. The predicted molar refractivity (Wildman–Crippen MR) is 163 cm³/mol. The summed E-state index contributed by atoms with van der Waals surface area (Å²) < 4.78 is 11.3. The second-order valence-electron chi connectivity index (χ2n) is 13.3. The van der Waals surface area contributed by atoms with Crippen LogP contribution in [0.3, 0.4) is 0 Å². The Balaban J connectivity index is 1.44. The molecular weight excluding hydrogens is 536 g/mol. The molecule has 0 unspecified atom stereocenters. The van der Waals surface area contributed by atoms with E-state index in [-0.39, 0.29) is 10.8 Å². The number of rotatable bonds is 4. The standard InChI is InChI=1S/C23H21.C6H5.C5H5.C2H5.CH2.Zr/c1-22(2)7-5-14-10-18-16(12-20(14)22)9-17-13-21-15(11-19(17)18)6-8-23(21,3)4;1-2-4-6-5-3-1;1-2-4-5-3-1;1-2;;/h5-7,10-13H,9H2,1-4H3;1-5H;1-3H,4H2;1H2,2H3;1H2;. The summed E-state index contributed by atoms with van der Waals surface area (Å²) in [6.07, 6.45) is 16.4. The van der Waals surface area contributed by atoms with Gasteiger partial charge in [-0.2, -0.15) is 0 Å². The summed E-state index contributed by atoms with van der Waals surface area (Å²) in [7, 11) is 0. The van der Waals surface area contributed by atoms with Gasteiger partial charge in [0.25, 0.3) is 0 Å². The fraction of sp³-hybridized carbons (Fsp3) is 0.270. The molecule has 0 heterocycles. The summed E-state index contributed by atoms with van der Waals surface area (Å²) in [5.74, 6) is 0. The van der Waals surface area contributed by atoms with Gasteiger partial charge >= 0.3 is 230 Å². The summed E-state index contributed by atoms with van der Waals surface area (Å²) in [6.45, 7) is 12.0. The van der Waals surface area contributed by atoms with E-state index in [9.17, 15) is 0 Å². The normalized spacial score (nSPS) is 19.6. The minimum absolute atomic E-state index is 0.0477.